The molecule has 24 heavy (non-hydrogen) atoms. The van der Waals surface area contributed by atoms with Gasteiger partial charge in [0.2, 0.25) is 0 Å². The summed E-state index contributed by atoms with van der Waals surface area (Å²) < 4.78 is 34.7. The van der Waals surface area contributed by atoms with E-state index in [2.05, 4.69) is 4.72 Å². The van der Waals surface area contributed by atoms with Gasteiger partial charge in [0.15, 0.2) is 0 Å². The van der Waals surface area contributed by atoms with Crippen LogP contribution in [0.4, 0.5) is 0 Å². The van der Waals surface area contributed by atoms with Crippen molar-refractivity contribution in [1.29, 1.82) is 0 Å². The molecular weight excluding hydrogens is 366 g/mol. The Balaban J connectivity index is 1.80. The maximum absolute atomic E-state index is 12.7. The molecule has 0 bridgehead atoms. The molecule has 0 aliphatic carbocycles. The lowest BCUT2D eigenvalue weighted by atomic mass is 9.95. The van der Waals surface area contributed by atoms with Crippen molar-refractivity contribution in [2.75, 3.05) is 0 Å². The van der Waals surface area contributed by atoms with E-state index in [9.17, 15) is 8.42 Å². The number of nitrogens with one attached hydrogen (secondary N) is 1. The maximum atomic E-state index is 12.7. The number of fused-ring (bicyclic) bond motifs is 2. The number of sulfonamides is 1. The molecule has 122 valence electrons. The van der Waals surface area contributed by atoms with Crippen LogP contribution in [-0.4, -0.2) is 8.42 Å². The van der Waals surface area contributed by atoms with Gasteiger partial charge in [-0.25, -0.2) is 8.42 Å². The summed E-state index contributed by atoms with van der Waals surface area (Å²) in [5, 5.41) is 0. The van der Waals surface area contributed by atoms with Crippen LogP contribution in [0.1, 0.15) is 17.2 Å². The van der Waals surface area contributed by atoms with Crippen molar-refractivity contribution in [1.82, 2.24) is 4.72 Å². The molecule has 4 nitrogen and oxygen atoms in total. The third-order valence-corrected chi connectivity index (χ3v) is 6.91. The van der Waals surface area contributed by atoms with E-state index < -0.39 is 16.1 Å². The number of rotatable bonds is 3. The van der Waals surface area contributed by atoms with Gasteiger partial charge in [-0.1, -0.05) is 48.0 Å². The molecule has 0 amide bonds. The number of para-hydroxylation sites is 2. The van der Waals surface area contributed by atoms with E-state index in [1.165, 1.54) is 6.07 Å². The molecule has 1 aliphatic heterocycles. The van der Waals surface area contributed by atoms with Crippen molar-refractivity contribution in [3.8, 4) is 11.5 Å². The first kappa shape index (κ1) is 15.7. The van der Waals surface area contributed by atoms with E-state index in [0.717, 1.165) is 22.5 Å². The molecule has 0 atom stereocenters. The third-order valence-electron chi connectivity index (χ3n) is 3.77. The van der Waals surface area contributed by atoms with E-state index in [-0.39, 0.29) is 4.21 Å². The van der Waals surface area contributed by atoms with Gasteiger partial charge in [0.1, 0.15) is 15.7 Å². The zero-order chi connectivity index (χ0) is 16.7. The fourth-order valence-corrected chi connectivity index (χ4v) is 5.39. The first-order chi connectivity index (χ1) is 11.5. The fraction of sp³-hybridized carbons (Fsp3) is 0.0588. The molecule has 0 saturated heterocycles. The Morgan fingerprint density at radius 3 is 2.04 bits per heavy atom. The van der Waals surface area contributed by atoms with Crippen LogP contribution in [0, 0.1) is 0 Å². The van der Waals surface area contributed by atoms with Gasteiger partial charge in [-0.05, 0) is 24.3 Å². The highest BCUT2D eigenvalue weighted by molar-refractivity contribution is 7.91. The lowest BCUT2D eigenvalue weighted by Gasteiger charge is -2.28. The summed E-state index contributed by atoms with van der Waals surface area (Å²) in [5.41, 5.74) is 1.56. The Hall–Kier alpha value is -1.86. The van der Waals surface area contributed by atoms with Gasteiger partial charge in [0.05, 0.1) is 10.4 Å². The van der Waals surface area contributed by atoms with Gasteiger partial charge < -0.3 is 4.74 Å². The highest BCUT2D eigenvalue weighted by Crippen LogP contribution is 2.43. The Morgan fingerprint density at radius 2 is 1.50 bits per heavy atom. The normalized spacial score (nSPS) is 13.9. The second-order valence-corrected chi connectivity index (χ2v) is 8.95. The molecule has 0 fully saturated rings. The average molecular weight is 378 g/mol. The molecule has 0 saturated carbocycles. The largest absolute Gasteiger partial charge is 0.457 e. The van der Waals surface area contributed by atoms with Crippen molar-refractivity contribution in [2.45, 2.75) is 10.3 Å². The lowest BCUT2D eigenvalue weighted by Crippen LogP contribution is -2.30. The highest BCUT2D eigenvalue weighted by Gasteiger charge is 2.31. The van der Waals surface area contributed by atoms with Crippen LogP contribution < -0.4 is 9.46 Å². The predicted octanol–water partition coefficient (Wildman–Crippen LogP) is 4.58. The van der Waals surface area contributed by atoms with Gasteiger partial charge in [0, 0.05) is 11.1 Å². The van der Waals surface area contributed by atoms with Crippen LogP contribution in [0.3, 0.4) is 0 Å². The molecule has 2 heterocycles. The second kappa shape index (κ2) is 5.89. The van der Waals surface area contributed by atoms with Gasteiger partial charge in [-0.3, -0.25) is 0 Å². The Morgan fingerprint density at radius 1 is 0.917 bits per heavy atom. The van der Waals surface area contributed by atoms with Crippen LogP contribution in [0.2, 0.25) is 4.34 Å². The van der Waals surface area contributed by atoms with E-state index >= 15 is 0 Å². The Labute approximate surface area is 148 Å². The SMILES string of the molecule is O=S(=O)(NC1c2ccccc2Oc2ccccc21)c1ccc(Cl)s1. The maximum Gasteiger partial charge on any atom is 0.250 e. The monoisotopic (exact) mass is 377 g/mol. The van der Waals surface area contributed by atoms with E-state index in [1.54, 1.807) is 6.07 Å². The Kier molecular flexibility index (Phi) is 3.85. The third kappa shape index (κ3) is 2.71. The van der Waals surface area contributed by atoms with Crippen molar-refractivity contribution >= 4 is 33.0 Å². The molecular formula is C17H12ClNO3S2. The van der Waals surface area contributed by atoms with Gasteiger partial charge in [0.25, 0.3) is 10.0 Å². The highest BCUT2D eigenvalue weighted by atomic mass is 35.5. The number of thiophene rings is 1. The number of hydrogen-bond donors (Lipinski definition) is 1. The van der Waals surface area contributed by atoms with E-state index in [0.29, 0.717) is 15.8 Å². The van der Waals surface area contributed by atoms with E-state index in [1.807, 2.05) is 48.5 Å². The minimum Gasteiger partial charge on any atom is -0.457 e. The average Bonchev–Trinajstić information content (AvgIpc) is 3.02. The summed E-state index contributed by atoms with van der Waals surface area (Å²) in [6.07, 6.45) is 0. The summed E-state index contributed by atoms with van der Waals surface area (Å²) >= 11 is 6.91. The summed E-state index contributed by atoms with van der Waals surface area (Å²) in [7, 11) is -3.70. The molecule has 2 aromatic carbocycles. The fourth-order valence-electron chi connectivity index (χ4n) is 2.69. The van der Waals surface area contributed by atoms with Crippen molar-refractivity contribution in [3.63, 3.8) is 0 Å². The van der Waals surface area contributed by atoms with Crippen LogP contribution in [-0.2, 0) is 10.0 Å². The smallest absolute Gasteiger partial charge is 0.250 e. The molecule has 0 radical (unpaired) electrons. The standard InChI is InChI=1S/C17H12ClNO3S2/c18-15-9-10-16(23-15)24(20,21)19-17-11-5-1-3-7-13(11)22-14-8-4-2-6-12(14)17/h1-10,17,19H. The zero-order valence-electron chi connectivity index (χ0n) is 12.3. The summed E-state index contributed by atoms with van der Waals surface area (Å²) in [6, 6.07) is 17.4. The van der Waals surface area contributed by atoms with Gasteiger partial charge in [-0.15, -0.1) is 11.3 Å². The van der Waals surface area contributed by atoms with Crippen molar-refractivity contribution < 1.29 is 13.2 Å². The number of halogens is 1. The van der Waals surface area contributed by atoms with Gasteiger partial charge >= 0.3 is 0 Å². The number of hydrogen-bond acceptors (Lipinski definition) is 4. The van der Waals surface area contributed by atoms with Gasteiger partial charge in [-0.2, -0.15) is 4.72 Å². The van der Waals surface area contributed by atoms with Crippen molar-refractivity contribution in [2.24, 2.45) is 0 Å². The summed E-state index contributed by atoms with van der Waals surface area (Å²) in [6.45, 7) is 0. The molecule has 1 N–H and O–H groups in total. The topological polar surface area (TPSA) is 55.4 Å². The Bertz CT molecular complexity index is 968. The van der Waals surface area contributed by atoms with Crippen LogP contribution in [0.15, 0.2) is 64.9 Å². The van der Waals surface area contributed by atoms with Crippen LogP contribution >= 0.6 is 22.9 Å². The molecule has 0 unspecified atom stereocenters. The first-order valence-corrected chi connectivity index (χ1v) is 9.86. The minimum atomic E-state index is -3.70. The zero-order valence-corrected chi connectivity index (χ0v) is 14.7. The first-order valence-electron chi connectivity index (χ1n) is 7.18. The molecule has 4 rings (SSSR count). The van der Waals surface area contributed by atoms with Crippen LogP contribution in [0.5, 0.6) is 11.5 Å². The summed E-state index contributed by atoms with van der Waals surface area (Å²) in [5.74, 6) is 1.29. The molecule has 1 aliphatic rings. The lowest BCUT2D eigenvalue weighted by molar-refractivity contribution is 0.440. The molecule has 0 spiro atoms. The van der Waals surface area contributed by atoms with Crippen molar-refractivity contribution in [3.05, 3.63) is 76.1 Å². The number of ether oxygens (including phenoxy) is 1. The molecule has 3 aromatic rings. The molecule has 1 aromatic heterocycles. The quantitative estimate of drug-likeness (QED) is 0.727. The number of benzene rings is 2. The van der Waals surface area contributed by atoms with E-state index in [4.69, 9.17) is 16.3 Å². The summed E-state index contributed by atoms with van der Waals surface area (Å²) in [4.78, 5) is 0. The predicted molar refractivity (Wildman–Crippen MR) is 94.5 cm³/mol. The second-order valence-electron chi connectivity index (χ2n) is 5.29. The van der Waals surface area contributed by atoms with Crippen LogP contribution in [0.25, 0.3) is 0 Å². The minimum absolute atomic E-state index is 0.189. The molecule has 7 heteroatoms.